The molecule has 1 N–H and O–H groups in total. The highest BCUT2D eigenvalue weighted by molar-refractivity contribution is 5.87. The number of carbonyl (C=O) groups is 2. The number of nitrogens with one attached hydrogen (secondary N) is 1. The number of halogens is 2. The topological polar surface area (TPSA) is 58.6 Å². The van der Waals surface area contributed by atoms with Gasteiger partial charge in [0.25, 0.3) is 5.91 Å². The molecule has 2 amide bonds. The Balaban J connectivity index is 2.13. The molecule has 2 rings (SSSR count). The van der Waals surface area contributed by atoms with Crippen molar-refractivity contribution in [2.45, 2.75) is 33.4 Å². The zero-order valence-electron chi connectivity index (χ0n) is 16.8. The molecule has 156 valence electrons. The van der Waals surface area contributed by atoms with E-state index in [1.807, 2.05) is 13.8 Å². The Morgan fingerprint density at radius 2 is 1.69 bits per heavy atom. The SMILES string of the molecule is CC(C)CNC(=O)[C@@H](C)N(Cc1ccccc1F)C(=O)COc1ccc(F)cc1. The van der Waals surface area contributed by atoms with Crippen LogP contribution >= 0.6 is 0 Å². The number of hydrogen-bond donors (Lipinski definition) is 1. The molecule has 0 heterocycles. The Morgan fingerprint density at radius 3 is 2.31 bits per heavy atom. The zero-order chi connectivity index (χ0) is 21.4. The fraction of sp³-hybridized carbons (Fsp3) is 0.364. The molecule has 0 aliphatic carbocycles. The first kappa shape index (κ1) is 22.3. The number of amides is 2. The average Bonchev–Trinajstić information content (AvgIpc) is 2.70. The highest BCUT2D eigenvalue weighted by Gasteiger charge is 2.27. The van der Waals surface area contributed by atoms with Crippen LogP contribution < -0.4 is 10.1 Å². The summed E-state index contributed by atoms with van der Waals surface area (Å²) in [6.07, 6.45) is 0. The van der Waals surface area contributed by atoms with E-state index >= 15 is 0 Å². The molecule has 0 aliphatic heterocycles. The van der Waals surface area contributed by atoms with Crippen molar-refractivity contribution in [3.05, 3.63) is 65.7 Å². The van der Waals surface area contributed by atoms with Crippen LogP contribution in [0.15, 0.2) is 48.5 Å². The monoisotopic (exact) mass is 404 g/mol. The van der Waals surface area contributed by atoms with E-state index in [2.05, 4.69) is 5.32 Å². The molecule has 29 heavy (non-hydrogen) atoms. The van der Waals surface area contributed by atoms with E-state index in [1.54, 1.807) is 25.1 Å². The van der Waals surface area contributed by atoms with Crippen molar-refractivity contribution >= 4 is 11.8 Å². The van der Waals surface area contributed by atoms with E-state index in [4.69, 9.17) is 4.74 Å². The van der Waals surface area contributed by atoms with Crippen molar-refractivity contribution in [2.75, 3.05) is 13.2 Å². The Labute approximate surface area is 169 Å². The van der Waals surface area contributed by atoms with Crippen molar-refractivity contribution in [3.63, 3.8) is 0 Å². The summed E-state index contributed by atoms with van der Waals surface area (Å²) in [5, 5.41) is 2.79. The van der Waals surface area contributed by atoms with Gasteiger partial charge in [-0.1, -0.05) is 32.0 Å². The Morgan fingerprint density at radius 1 is 1.03 bits per heavy atom. The van der Waals surface area contributed by atoms with Gasteiger partial charge < -0.3 is 15.0 Å². The predicted molar refractivity (Wildman–Crippen MR) is 106 cm³/mol. The Kier molecular flexibility index (Phi) is 8.12. The molecule has 0 radical (unpaired) electrons. The summed E-state index contributed by atoms with van der Waals surface area (Å²) in [7, 11) is 0. The molecule has 0 saturated carbocycles. The highest BCUT2D eigenvalue weighted by Crippen LogP contribution is 2.15. The van der Waals surface area contributed by atoms with Crippen molar-refractivity contribution in [2.24, 2.45) is 5.92 Å². The van der Waals surface area contributed by atoms with Gasteiger partial charge in [-0.2, -0.15) is 0 Å². The van der Waals surface area contributed by atoms with Gasteiger partial charge in [-0.3, -0.25) is 9.59 Å². The van der Waals surface area contributed by atoms with Gasteiger partial charge in [0.2, 0.25) is 5.91 Å². The number of benzene rings is 2. The lowest BCUT2D eigenvalue weighted by Gasteiger charge is -2.29. The van der Waals surface area contributed by atoms with Crippen molar-refractivity contribution in [3.8, 4) is 5.75 Å². The lowest BCUT2D eigenvalue weighted by atomic mass is 10.1. The molecule has 0 bridgehead atoms. The molecule has 1 atom stereocenters. The Bertz CT molecular complexity index is 825. The standard InChI is InChI=1S/C22H26F2N2O3/c1-15(2)12-25-22(28)16(3)26(13-17-6-4-5-7-20(17)24)21(27)14-29-19-10-8-18(23)9-11-19/h4-11,15-16H,12-14H2,1-3H3,(H,25,28)/t16-/m1/s1. The summed E-state index contributed by atoms with van der Waals surface area (Å²) in [5.74, 6) is -1.11. The number of carbonyl (C=O) groups excluding carboxylic acids is 2. The van der Waals surface area contributed by atoms with E-state index < -0.39 is 23.6 Å². The van der Waals surface area contributed by atoms with Crippen LogP contribution in [0.25, 0.3) is 0 Å². The third-order valence-corrected chi connectivity index (χ3v) is 4.33. The second-order valence-electron chi connectivity index (χ2n) is 7.17. The van der Waals surface area contributed by atoms with Crippen molar-refractivity contribution < 1.29 is 23.1 Å². The maximum absolute atomic E-state index is 14.1. The van der Waals surface area contributed by atoms with Crippen LogP contribution in [0.5, 0.6) is 5.75 Å². The number of rotatable bonds is 9. The minimum absolute atomic E-state index is 0.0749. The van der Waals surface area contributed by atoms with Gasteiger partial charge >= 0.3 is 0 Å². The molecule has 0 spiro atoms. The zero-order valence-corrected chi connectivity index (χ0v) is 16.8. The largest absolute Gasteiger partial charge is 0.484 e. The van der Waals surface area contributed by atoms with Crippen molar-refractivity contribution in [1.29, 1.82) is 0 Å². The highest BCUT2D eigenvalue weighted by atomic mass is 19.1. The molecule has 0 fully saturated rings. The molecule has 5 nitrogen and oxygen atoms in total. The van der Waals surface area contributed by atoms with Crippen LogP contribution in [0.1, 0.15) is 26.3 Å². The third kappa shape index (κ3) is 6.85. The van der Waals surface area contributed by atoms with E-state index in [1.165, 1.54) is 35.2 Å². The van der Waals surface area contributed by atoms with Crippen LogP contribution in [0.3, 0.4) is 0 Å². The number of ether oxygens (including phenoxy) is 1. The first-order chi connectivity index (χ1) is 13.8. The number of hydrogen-bond acceptors (Lipinski definition) is 3. The fourth-order valence-electron chi connectivity index (χ4n) is 2.60. The van der Waals surface area contributed by atoms with E-state index in [0.29, 0.717) is 17.9 Å². The lowest BCUT2D eigenvalue weighted by Crippen LogP contribution is -2.49. The summed E-state index contributed by atoms with van der Waals surface area (Å²) in [5.41, 5.74) is 0.297. The maximum atomic E-state index is 14.1. The normalized spacial score (nSPS) is 11.8. The van der Waals surface area contributed by atoms with Gasteiger partial charge in [-0.25, -0.2) is 8.78 Å². The smallest absolute Gasteiger partial charge is 0.261 e. The molecule has 0 saturated heterocycles. The van der Waals surface area contributed by atoms with Gasteiger partial charge in [-0.05, 0) is 43.2 Å². The average molecular weight is 404 g/mol. The van der Waals surface area contributed by atoms with Gasteiger partial charge in [0, 0.05) is 18.7 Å². The summed E-state index contributed by atoms with van der Waals surface area (Å²) < 4.78 is 32.5. The van der Waals surface area contributed by atoms with Gasteiger partial charge in [0.05, 0.1) is 0 Å². The van der Waals surface area contributed by atoms with Crippen molar-refractivity contribution in [1.82, 2.24) is 10.2 Å². The molecule has 0 unspecified atom stereocenters. The van der Waals surface area contributed by atoms with Crippen LogP contribution in [0.2, 0.25) is 0 Å². The van der Waals surface area contributed by atoms with Gasteiger partial charge in [-0.15, -0.1) is 0 Å². The Hall–Kier alpha value is -2.96. The first-order valence-electron chi connectivity index (χ1n) is 9.47. The molecular weight excluding hydrogens is 378 g/mol. The quantitative estimate of drug-likeness (QED) is 0.696. The third-order valence-electron chi connectivity index (χ3n) is 4.33. The van der Waals surface area contributed by atoms with Crippen LogP contribution in [-0.2, 0) is 16.1 Å². The summed E-state index contributed by atoms with van der Waals surface area (Å²) in [4.78, 5) is 26.6. The van der Waals surface area contributed by atoms with E-state index in [9.17, 15) is 18.4 Å². The van der Waals surface area contributed by atoms with Gasteiger partial charge in [0.1, 0.15) is 23.4 Å². The first-order valence-corrected chi connectivity index (χ1v) is 9.47. The van der Waals surface area contributed by atoms with E-state index in [0.717, 1.165) is 0 Å². The second-order valence-corrected chi connectivity index (χ2v) is 7.17. The van der Waals surface area contributed by atoms with Crippen LogP contribution in [-0.4, -0.2) is 35.9 Å². The minimum atomic E-state index is -0.822. The van der Waals surface area contributed by atoms with Crippen LogP contribution in [0, 0.1) is 17.6 Å². The number of nitrogens with zero attached hydrogens (tertiary/aromatic N) is 1. The summed E-state index contributed by atoms with van der Waals surface area (Å²) in [6, 6.07) is 10.5. The molecule has 0 aromatic heterocycles. The lowest BCUT2D eigenvalue weighted by molar-refractivity contribution is -0.142. The second kappa shape index (κ2) is 10.5. The maximum Gasteiger partial charge on any atom is 0.261 e. The minimum Gasteiger partial charge on any atom is -0.484 e. The van der Waals surface area contributed by atoms with Gasteiger partial charge in [0.15, 0.2) is 6.61 Å². The molecule has 2 aromatic carbocycles. The summed E-state index contributed by atoms with van der Waals surface area (Å²) >= 11 is 0. The fourth-order valence-corrected chi connectivity index (χ4v) is 2.60. The molecule has 7 heteroatoms. The van der Waals surface area contributed by atoms with Crippen LogP contribution in [0.4, 0.5) is 8.78 Å². The van der Waals surface area contributed by atoms with E-state index in [-0.39, 0.29) is 25.0 Å². The summed E-state index contributed by atoms with van der Waals surface area (Å²) in [6.45, 7) is 5.55. The molecule has 0 aliphatic rings. The molecular formula is C22H26F2N2O3. The molecule has 2 aromatic rings. The predicted octanol–water partition coefficient (Wildman–Crippen LogP) is 3.53.